The fourth-order valence-electron chi connectivity index (χ4n) is 1.72. The molecule has 1 aromatic heterocycles. The van der Waals surface area contributed by atoms with Crippen LogP contribution in [0, 0.1) is 11.3 Å². The van der Waals surface area contributed by atoms with Crippen LogP contribution in [0.4, 0.5) is 0 Å². The highest BCUT2D eigenvalue weighted by molar-refractivity contribution is 5.44. The molecular weight excluding hydrogens is 256 g/mol. The third-order valence-corrected chi connectivity index (χ3v) is 2.68. The van der Waals surface area contributed by atoms with Gasteiger partial charge in [0.25, 0.3) is 0 Å². The quantitative estimate of drug-likeness (QED) is 0.835. The van der Waals surface area contributed by atoms with E-state index in [0.717, 1.165) is 5.56 Å². The Balaban J connectivity index is 2.16. The topological polar surface area (TPSA) is 64.4 Å². The van der Waals surface area contributed by atoms with E-state index >= 15 is 0 Å². The van der Waals surface area contributed by atoms with E-state index in [0.29, 0.717) is 29.5 Å². The van der Waals surface area contributed by atoms with E-state index in [1.54, 1.807) is 38.6 Å². The van der Waals surface area contributed by atoms with E-state index in [-0.39, 0.29) is 0 Å². The Bertz CT molecular complexity index is 635. The Morgan fingerprint density at radius 1 is 1.15 bits per heavy atom. The lowest BCUT2D eigenvalue weighted by Gasteiger charge is -2.10. The molecule has 1 heterocycles. The zero-order valence-electron chi connectivity index (χ0n) is 11.3. The Labute approximate surface area is 117 Å². The summed E-state index contributed by atoms with van der Waals surface area (Å²) in [6, 6.07) is 10.8. The van der Waals surface area contributed by atoms with Crippen molar-refractivity contribution in [3.63, 3.8) is 0 Å². The summed E-state index contributed by atoms with van der Waals surface area (Å²) in [4.78, 5) is 4.10. The lowest BCUT2D eigenvalue weighted by atomic mass is 10.2. The number of nitrogens with zero attached hydrogens (tertiary/aromatic N) is 2. The molecule has 0 aliphatic rings. The van der Waals surface area contributed by atoms with Gasteiger partial charge in [-0.15, -0.1) is 0 Å². The minimum Gasteiger partial charge on any atom is -0.497 e. The number of nitriles is 1. The van der Waals surface area contributed by atoms with Gasteiger partial charge in [-0.25, -0.2) is 4.98 Å². The van der Waals surface area contributed by atoms with Crippen molar-refractivity contribution >= 4 is 0 Å². The predicted octanol–water partition coefficient (Wildman–Crippen LogP) is 2.55. The Morgan fingerprint density at radius 2 is 1.95 bits per heavy atom. The molecule has 0 atom stereocenters. The van der Waals surface area contributed by atoms with Crippen LogP contribution < -0.4 is 14.2 Å². The maximum atomic E-state index is 8.96. The third-order valence-electron chi connectivity index (χ3n) is 2.68. The molecule has 0 saturated heterocycles. The second-order valence-corrected chi connectivity index (χ2v) is 3.97. The average Bonchev–Trinajstić information content (AvgIpc) is 2.52. The van der Waals surface area contributed by atoms with Crippen molar-refractivity contribution in [2.75, 3.05) is 14.2 Å². The second-order valence-electron chi connectivity index (χ2n) is 3.97. The summed E-state index contributed by atoms with van der Waals surface area (Å²) in [5, 5.41) is 8.96. The van der Waals surface area contributed by atoms with E-state index in [1.807, 2.05) is 12.1 Å². The van der Waals surface area contributed by atoms with E-state index < -0.39 is 0 Å². The van der Waals surface area contributed by atoms with Gasteiger partial charge in [0.1, 0.15) is 18.1 Å². The predicted molar refractivity (Wildman–Crippen MR) is 72.8 cm³/mol. The van der Waals surface area contributed by atoms with Gasteiger partial charge < -0.3 is 14.2 Å². The van der Waals surface area contributed by atoms with E-state index in [1.165, 1.54) is 0 Å². The number of benzene rings is 1. The largest absolute Gasteiger partial charge is 0.497 e. The normalized spacial score (nSPS) is 9.65. The van der Waals surface area contributed by atoms with Crippen molar-refractivity contribution in [2.45, 2.75) is 6.61 Å². The van der Waals surface area contributed by atoms with Crippen molar-refractivity contribution < 1.29 is 14.2 Å². The first-order valence-electron chi connectivity index (χ1n) is 5.96. The molecule has 102 valence electrons. The zero-order chi connectivity index (χ0) is 14.4. The highest BCUT2D eigenvalue weighted by Gasteiger charge is 2.06. The van der Waals surface area contributed by atoms with Crippen LogP contribution in [0.5, 0.6) is 17.4 Å². The summed E-state index contributed by atoms with van der Waals surface area (Å²) in [5.41, 5.74) is 1.31. The summed E-state index contributed by atoms with van der Waals surface area (Å²) in [7, 11) is 3.11. The van der Waals surface area contributed by atoms with Gasteiger partial charge in [0, 0.05) is 12.3 Å². The number of ether oxygens (including phenoxy) is 3. The first-order valence-corrected chi connectivity index (χ1v) is 5.96. The molecule has 0 fully saturated rings. The number of pyridine rings is 1. The molecular formula is C15H14N2O3. The molecule has 1 aromatic carbocycles. The first-order chi connectivity index (χ1) is 9.76. The van der Waals surface area contributed by atoms with Gasteiger partial charge in [-0.3, -0.25) is 0 Å². The average molecular weight is 270 g/mol. The Morgan fingerprint density at radius 3 is 2.65 bits per heavy atom. The highest BCUT2D eigenvalue weighted by atomic mass is 16.5. The van der Waals surface area contributed by atoms with Crippen LogP contribution in [-0.2, 0) is 6.61 Å². The molecule has 0 saturated carbocycles. The molecule has 2 rings (SSSR count). The van der Waals surface area contributed by atoms with Crippen molar-refractivity contribution in [3.8, 4) is 23.4 Å². The minimum atomic E-state index is 0.301. The van der Waals surface area contributed by atoms with Crippen LogP contribution >= 0.6 is 0 Å². The molecule has 20 heavy (non-hydrogen) atoms. The maximum Gasteiger partial charge on any atom is 0.219 e. The Hall–Kier alpha value is -2.74. The number of hydrogen-bond donors (Lipinski definition) is 0. The zero-order valence-corrected chi connectivity index (χ0v) is 11.3. The first kappa shape index (κ1) is 13.7. The van der Waals surface area contributed by atoms with Crippen molar-refractivity contribution in [2.24, 2.45) is 0 Å². The van der Waals surface area contributed by atoms with E-state index in [2.05, 4.69) is 11.1 Å². The molecule has 2 aromatic rings. The molecule has 0 aliphatic carbocycles. The van der Waals surface area contributed by atoms with Crippen LogP contribution in [-0.4, -0.2) is 19.2 Å². The van der Waals surface area contributed by atoms with Crippen molar-refractivity contribution in [1.29, 1.82) is 5.26 Å². The van der Waals surface area contributed by atoms with Gasteiger partial charge in [0.05, 0.1) is 31.4 Å². The van der Waals surface area contributed by atoms with Gasteiger partial charge in [-0.05, 0) is 24.3 Å². The molecule has 5 nitrogen and oxygen atoms in total. The van der Waals surface area contributed by atoms with Crippen LogP contribution in [0.3, 0.4) is 0 Å². The highest BCUT2D eigenvalue weighted by Crippen LogP contribution is 2.24. The number of rotatable bonds is 5. The minimum absolute atomic E-state index is 0.301. The van der Waals surface area contributed by atoms with Crippen LogP contribution in [0.2, 0.25) is 0 Å². The van der Waals surface area contributed by atoms with Crippen LogP contribution in [0.15, 0.2) is 36.5 Å². The lowest BCUT2D eigenvalue weighted by Crippen LogP contribution is -2.00. The van der Waals surface area contributed by atoms with E-state index in [4.69, 9.17) is 19.5 Å². The standard InChI is InChI=1S/C15H14N2O3/c1-18-13-6-11(9-16)7-14(8-13)20-10-12-4-3-5-17-15(12)19-2/h3-8H,10H2,1-2H3. The smallest absolute Gasteiger partial charge is 0.219 e. The number of aromatic nitrogens is 1. The monoisotopic (exact) mass is 270 g/mol. The SMILES string of the molecule is COc1cc(C#N)cc(OCc2cccnc2OC)c1. The summed E-state index contributed by atoms with van der Waals surface area (Å²) in [6.45, 7) is 0.301. The second kappa shape index (κ2) is 6.43. The summed E-state index contributed by atoms with van der Waals surface area (Å²) in [6.07, 6.45) is 1.65. The molecule has 0 bridgehead atoms. The molecule has 0 aliphatic heterocycles. The fraction of sp³-hybridized carbons (Fsp3) is 0.200. The maximum absolute atomic E-state index is 8.96. The summed E-state index contributed by atoms with van der Waals surface area (Å²) < 4.78 is 15.9. The van der Waals surface area contributed by atoms with Gasteiger partial charge in [-0.1, -0.05) is 0 Å². The molecule has 0 spiro atoms. The van der Waals surface area contributed by atoms with Gasteiger partial charge >= 0.3 is 0 Å². The third kappa shape index (κ3) is 3.18. The fourth-order valence-corrected chi connectivity index (χ4v) is 1.72. The van der Waals surface area contributed by atoms with Crippen LogP contribution in [0.25, 0.3) is 0 Å². The lowest BCUT2D eigenvalue weighted by molar-refractivity contribution is 0.292. The molecule has 0 radical (unpaired) electrons. The van der Waals surface area contributed by atoms with Crippen LogP contribution in [0.1, 0.15) is 11.1 Å². The molecule has 0 unspecified atom stereocenters. The summed E-state index contributed by atoms with van der Waals surface area (Å²) >= 11 is 0. The van der Waals surface area contributed by atoms with E-state index in [9.17, 15) is 0 Å². The van der Waals surface area contributed by atoms with Gasteiger partial charge in [-0.2, -0.15) is 5.26 Å². The number of hydrogen-bond acceptors (Lipinski definition) is 5. The van der Waals surface area contributed by atoms with Crippen molar-refractivity contribution in [1.82, 2.24) is 4.98 Å². The molecule has 0 N–H and O–H groups in total. The molecule has 0 amide bonds. The number of methoxy groups -OCH3 is 2. The van der Waals surface area contributed by atoms with Gasteiger partial charge in [0.15, 0.2) is 0 Å². The van der Waals surface area contributed by atoms with Crippen molar-refractivity contribution in [3.05, 3.63) is 47.7 Å². The summed E-state index contributed by atoms with van der Waals surface area (Å²) in [5.74, 6) is 1.67. The van der Waals surface area contributed by atoms with Gasteiger partial charge in [0.2, 0.25) is 5.88 Å². The molecule has 5 heteroatoms. The Kier molecular flexibility index (Phi) is 4.40.